The molecule has 14 heteroatoms. The molecule has 10 nitrogen and oxygen atoms in total. The van der Waals surface area contributed by atoms with E-state index in [4.69, 9.17) is 9.90 Å². The Labute approximate surface area is 228 Å². The number of piperazine rings is 2. The number of alkyl halides is 3. The molecule has 1 amide bonds. The van der Waals surface area contributed by atoms with Crippen molar-refractivity contribution in [2.24, 2.45) is 0 Å². The van der Waals surface area contributed by atoms with Gasteiger partial charge in [-0.05, 0) is 51.1 Å². The summed E-state index contributed by atoms with van der Waals surface area (Å²) >= 11 is 0. The summed E-state index contributed by atoms with van der Waals surface area (Å²) in [5.41, 5.74) is 1.66. The third-order valence-electron chi connectivity index (χ3n) is 6.73. The zero-order chi connectivity index (χ0) is 29.2. The lowest BCUT2D eigenvalue weighted by molar-refractivity contribution is -0.192. The van der Waals surface area contributed by atoms with Gasteiger partial charge in [0.1, 0.15) is 0 Å². The Hall–Kier alpha value is -2.26. The molecule has 0 atom stereocenters. The van der Waals surface area contributed by atoms with Crippen molar-refractivity contribution in [1.29, 1.82) is 0 Å². The van der Waals surface area contributed by atoms with Crippen LogP contribution in [-0.4, -0.2) is 130 Å². The van der Waals surface area contributed by atoms with Crippen molar-refractivity contribution >= 4 is 21.9 Å². The molecule has 0 aromatic heterocycles. The van der Waals surface area contributed by atoms with Crippen LogP contribution in [0.4, 0.5) is 13.2 Å². The monoisotopic (exact) mass is 579 g/mol. The van der Waals surface area contributed by atoms with E-state index in [-0.39, 0.29) is 18.9 Å². The van der Waals surface area contributed by atoms with Crippen molar-refractivity contribution in [2.75, 3.05) is 79.0 Å². The van der Waals surface area contributed by atoms with Gasteiger partial charge in [0.25, 0.3) is 0 Å². The second kappa shape index (κ2) is 14.9. The fourth-order valence-corrected chi connectivity index (χ4v) is 6.10. The second-order valence-electron chi connectivity index (χ2n) is 9.86. The summed E-state index contributed by atoms with van der Waals surface area (Å²) in [5, 5.41) is 10.4. The maximum absolute atomic E-state index is 13.6. The van der Waals surface area contributed by atoms with Gasteiger partial charge in [-0.15, -0.1) is 0 Å². The molecule has 2 fully saturated rings. The number of carboxylic acid groups (broad SMARTS) is 1. The minimum atomic E-state index is -5.08. The van der Waals surface area contributed by atoms with Gasteiger partial charge in [-0.2, -0.15) is 17.5 Å². The molecule has 0 spiro atoms. The number of benzene rings is 1. The number of carbonyl (C=O) groups excluding carboxylic acids is 1. The Morgan fingerprint density at radius 1 is 1.03 bits per heavy atom. The van der Waals surface area contributed by atoms with Gasteiger partial charge in [0.15, 0.2) is 0 Å². The summed E-state index contributed by atoms with van der Waals surface area (Å²) in [6.07, 6.45) is -4.10. The fourth-order valence-electron chi connectivity index (χ4n) is 4.31. The molecule has 2 saturated heterocycles. The second-order valence-corrected chi connectivity index (χ2v) is 11.8. The largest absolute Gasteiger partial charge is 0.490 e. The number of sulfonamides is 1. The van der Waals surface area contributed by atoms with Crippen LogP contribution >= 0.6 is 0 Å². The molecular weight excluding hydrogens is 539 g/mol. The lowest BCUT2D eigenvalue weighted by atomic mass is 10.2. The molecule has 3 rings (SSSR count). The van der Waals surface area contributed by atoms with E-state index in [9.17, 15) is 26.4 Å². The number of amides is 1. The van der Waals surface area contributed by atoms with Crippen LogP contribution in [0, 0.1) is 13.8 Å². The number of halogens is 3. The molecule has 222 valence electrons. The SMILES string of the molecule is Cc1ccc(C)c(S(=O)(=O)N(CCCN2CCN(C)CC2)CCC(=O)N2CCNCC2)c1.O=C(O)C(F)(F)F. The quantitative estimate of drug-likeness (QED) is 0.452. The minimum Gasteiger partial charge on any atom is -0.475 e. The van der Waals surface area contributed by atoms with Crippen molar-refractivity contribution in [3.63, 3.8) is 0 Å². The first kappa shape index (κ1) is 32.9. The van der Waals surface area contributed by atoms with Gasteiger partial charge in [-0.1, -0.05) is 12.1 Å². The zero-order valence-corrected chi connectivity index (χ0v) is 23.7. The Morgan fingerprint density at radius 2 is 1.62 bits per heavy atom. The normalized spacial score (nSPS) is 17.6. The predicted octanol–water partition coefficient (Wildman–Crippen LogP) is 1.39. The van der Waals surface area contributed by atoms with E-state index >= 15 is 0 Å². The first-order chi connectivity index (χ1) is 18.2. The summed E-state index contributed by atoms with van der Waals surface area (Å²) in [6.45, 7) is 12.3. The van der Waals surface area contributed by atoms with E-state index in [1.807, 2.05) is 30.9 Å². The number of likely N-dealkylation sites (N-methyl/N-ethyl adjacent to an activating group) is 1. The lowest BCUT2D eigenvalue weighted by Gasteiger charge is -2.33. The van der Waals surface area contributed by atoms with Crippen molar-refractivity contribution in [1.82, 2.24) is 24.3 Å². The Bertz CT molecular complexity index is 1060. The average molecular weight is 580 g/mol. The summed E-state index contributed by atoms with van der Waals surface area (Å²) in [5.74, 6) is -2.72. The highest BCUT2D eigenvalue weighted by molar-refractivity contribution is 7.89. The third-order valence-corrected chi connectivity index (χ3v) is 8.77. The first-order valence-corrected chi connectivity index (χ1v) is 14.4. The van der Waals surface area contributed by atoms with Crippen molar-refractivity contribution in [3.8, 4) is 0 Å². The molecule has 0 unspecified atom stereocenters. The van der Waals surface area contributed by atoms with Gasteiger partial charge in [0.05, 0.1) is 4.90 Å². The van der Waals surface area contributed by atoms with Gasteiger partial charge < -0.3 is 25.1 Å². The zero-order valence-electron chi connectivity index (χ0n) is 22.8. The van der Waals surface area contributed by atoms with Crippen LogP contribution in [0.25, 0.3) is 0 Å². The van der Waals surface area contributed by atoms with Crippen LogP contribution in [0.5, 0.6) is 0 Å². The number of aryl methyl sites for hydroxylation is 2. The molecule has 2 aliphatic heterocycles. The van der Waals surface area contributed by atoms with Crippen molar-refractivity contribution in [2.45, 2.75) is 37.8 Å². The van der Waals surface area contributed by atoms with Crippen molar-refractivity contribution < 1.29 is 36.3 Å². The number of aliphatic carboxylic acids is 1. The molecule has 0 aliphatic carbocycles. The van der Waals surface area contributed by atoms with E-state index < -0.39 is 22.2 Å². The molecule has 1 aromatic carbocycles. The number of carbonyl (C=O) groups is 2. The Morgan fingerprint density at radius 3 is 2.18 bits per heavy atom. The van der Waals surface area contributed by atoms with Crippen LogP contribution in [0.15, 0.2) is 23.1 Å². The smallest absolute Gasteiger partial charge is 0.475 e. The first-order valence-electron chi connectivity index (χ1n) is 13.0. The van der Waals surface area contributed by atoms with E-state index in [0.717, 1.165) is 63.4 Å². The lowest BCUT2D eigenvalue weighted by Crippen LogP contribution is -2.47. The topological polar surface area (TPSA) is 114 Å². The number of hydrogen-bond donors (Lipinski definition) is 2. The summed E-state index contributed by atoms with van der Waals surface area (Å²) in [6, 6.07) is 5.53. The molecule has 2 N–H and O–H groups in total. The van der Waals surface area contributed by atoms with Gasteiger partial charge in [0, 0.05) is 71.9 Å². The van der Waals surface area contributed by atoms with Gasteiger partial charge in [-0.3, -0.25) is 4.79 Å². The number of rotatable bonds is 9. The van der Waals surface area contributed by atoms with Crippen LogP contribution in [-0.2, 0) is 19.6 Å². The van der Waals surface area contributed by atoms with Crippen LogP contribution in [0.2, 0.25) is 0 Å². The molecule has 0 saturated carbocycles. The number of hydrogen-bond acceptors (Lipinski definition) is 7. The molecule has 2 aliphatic rings. The van der Waals surface area contributed by atoms with Crippen molar-refractivity contribution in [3.05, 3.63) is 29.3 Å². The van der Waals surface area contributed by atoms with Gasteiger partial charge in [-0.25, -0.2) is 13.2 Å². The highest BCUT2D eigenvalue weighted by Crippen LogP contribution is 2.22. The molecular formula is C25H40F3N5O5S. The summed E-state index contributed by atoms with van der Waals surface area (Å²) < 4.78 is 60.4. The Kier molecular flexibility index (Phi) is 12.6. The van der Waals surface area contributed by atoms with Crippen LogP contribution < -0.4 is 5.32 Å². The van der Waals surface area contributed by atoms with E-state index in [2.05, 4.69) is 22.2 Å². The minimum absolute atomic E-state index is 0.0340. The number of nitrogens with one attached hydrogen (secondary N) is 1. The third kappa shape index (κ3) is 10.7. The molecule has 1 aromatic rings. The molecule has 0 radical (unpaired) electrons. The molecule has 39 heavy (non-hydrogen) atoms. The van der Waals surface area contributed by atoms with E-state index in [0.29, 0.717) is 24.5 Å². The maximum atomic E-state index is 13.6. The predicted molar refractivity (Wildman–Crippen MR) is 141 cm³/mol. The number of carboxylic acids is 1. The maximum Gasteiger partial charge on any atom is 0.490 e. The van der Waals surface area contributed by atoms with Crippen LogP contribution in [0.1, 0.15) is 24.0 Å². The van der Waals surface area contributed by atoms with Gasteiger partial charge >= 0.3 is 12.1 Å². The average Bonchev–Trinajstić information content (AvgIpc) is 2.88. The highest BCUT2D eigenvalue weighted by atomic mass is 32.2. The highest BCUT2D eigenvalue weighted by Gasteiger charge is 2.38. The fraction of sp³-hybridized carbons (Fsp3) is 0.680. The summed E-state index contributed by atoms with van der Waals surface area (Å²) in [7, 11) is -1.54. The van der Waals surface area contributed by atoms with Crippen LogP contribution in [0.3, 0.4) is 0 Å². The molecule has 0 bridgehead atoms. The molecule has 2 heterocycles. The van der Waals surface area contributed by atoms with E-state index in [1.165, 1.54) is 4.31 Å². The standard InChI is InChI=1S/C23H39N5O3S.C2HF3O2/c1-20-5-6-21(2)22(19-20)32(30,31)28(11-4-10-26-17-15-25(3)16-18-26)12-7-23(29)27-13-8-24-9-14-27;3-2(4,5)1(6)7/h5-6,19,24H,4,7-18H2,1-3H3;(H,6,7). The van der Waals surface area contributed by atoms with Gasteiger partial charge in [0.2, 0.25) is 15.9 Å². The summed E-state index contributed by atoms with van der Waals surface area (Å²) in [4.78, 5) is 28.5. The van der Waals surface area contributed by atoms with E-state index in [1.54, 1.807) is 6.07 Å². The number of nitrogens with zero attached hydrogens (tertiary/aromatic N) is 4. The Balaban J connectivity index is 0.000000673.